The molecule has 0 aliphatic rings. The highest BCUT2D eigenvalue weighted by Crippen LogP contribution is 2.18. The van der Waals surface area contributed by atoms with Crippen molar-refractivity contribution in [2.24, 2.45) is 0 Å². The van der Waals surface area contributed by atoms with Gasteiger partial charge in [0.05, 0.1) is 5.69 Å². The maximum absolute atomic E-state index is 11.5. The Morgan fingerprint density at radius 2 is 1.82 bits per heavy atom. The molecule has 0 aliphatic carbocycles. The molecule has 0 saturated heterocycles. The predicted octanol–water partition coefficient (Wildman–Crippen LogP) is 2.70. The van der Waals surface area contributed by atoms with Crippen LogP contribution in [0.15, 0.2) is 30.3 Å². The van der Waals surface area contributed by atoms with Gasteiger partial charge in [-0.05, 0) is 27.7 Å². The molecule has 0 spiro atoms. The van der Waals surface area contributed by atoms with E-state index in [1.165, 1.54) is 0 Å². The largest absolute Gasteiger partial charge is 0.443 e. The molecule has 2 N–H and O–H groups in total. The lowest BCUT2D eigenvalue weighted by atomic mass is 10.1. The summed E-state index contributed by atoms with van der Waals surface area (Å²) < 4.78 is 5.09. The Morgan fingerprint density at radius 3 is 2.41 bits per heavy atom. The number of carbonyl (C=O) groups is 1. The Hall–Kier alpha value is -2.70. The number of rotatable bonds is 3. The molecule has 7 heteroatoms. The Labute approximate surface area is 129 Å². The van der Waals surface area contributed by atoms with E-state index < -0.39 is 11.7 Å². The van der Waals surface area contributed by atoms with Crippen molar-refractivity contribution in [2.75, 3.05) is 5.43 Å². The maximum atomic E-state index is 11.5. The van der Waals surface area contributed by atoms with Gasteiger partial charge in [0.2, 0.25) is 0 Å². The summed E-state index contributed by atoms with van der Waals surface area (Å²) in [7, 11) is 0. The molecule has 0 aliphatic heterocycles. The van der Waals surface area contributed by atoms with Gasteiger partial charge in [-0.1, -0.05) is 30.3 Å². The third-order valence-corrected chi connectivity index (χ3v) is 2.58. The van der Waals surface area contributed by atoms with Crippen molar-refractivity contribution >= 4 is 12.0 Å². The molecule has 2 rings (SSSR count). The number of aryl methyl sites for hydroxylation is 1. The van der Waals surface area contributed by atoms with Gasteiger partial charge in [-0.15, -0.1) is 10.2 Å². The number of amides is 1. The molecule has 1 aromatic heterocycles. The first-order chi connectivity index (χ1) is 10.3. The van der Waals surface area contributed by atoms with Crippen molar-refractivity contribution in [3.8, 4) is 11.3 Å². The summed E-state index contributed by atoms with van der Waals surface area (Å²) in [5, 5.41) is 8.08. The zero-order valence-electron chi connectivity index (χ0n) is 13.0. The van der Waals surface area contributed by atoms with Crippen LogP contribution in [0.5, 0.6) is 0 Å². The highest BCUT2D eigenvalue weighted by molar-refractivity contribution is 5.69. The minimum Gasteiger partial charge on any atom is -0.443 e. The number of hydrazine groups is 1. The second kappa shape index (κ2) is 6.38. The van der Waals surface area contributed by atoms with Crippen LogP contribution in [0.1, 0.15) is 26.5 Å². The minimum atomic E-state index is -0.610. The number of anilines is 1. The summed E-state index contributed by atoms with van der Waals surface area (Å²) in [4.78, 5) is 15.8. The van der Waals surface area contributed by atoms with Crippen LogP contribution < -0.4 is 10.9 Å². The maximum Gasteiger partial charge on any atom is 0.426 e. The van der Waals surface area contributed by atoms with E-state index in [1.807, 2.05) is 37.3 Å². The van der Waals surface area contributed by atoms with Gasteiger partial charge in [-0.25, -0.2) is 15.2 Å². The van der Waals surface area contributed by atoms with Crippen LogP contribution in [0.3, 0.4) is 0 Å². The summed E-state index contributed by atoms with van der Waals surface area (Å²) in [6.07, 6.45) is -0.610. The van der Waals surface area contributed by atoms with Crippen molar-refractivity contribution in [1.29, 1.82) is 0 Å². The van der Waals surface area contributed by atoms with E-state index in [0.717, 1.165) is 5.56 Å². The van der Waals surface area contributed by atoms with E-state index >= 15 is 0 Å². The molecule has 7 nitrogen and oxygen atoms in total. The van der Waals surface area contributed by atoms with Crippen molar-refractivity contribution in [2.45, 2.75) is 33.3 Å². The zero-order valence-corrected chi connectivity index (χ0v) is 13.0. The van der Waals surface area contributed by atoms with Crippen molar-refractivity contribution in [1.82, 2.24) is 20.6 Å². The zero-order chi connectivity index (χ0) is 16.2. The number of benzene rings is 1. The Bertz CT molecular complexity index is 653. The van der Waals surface area contributed by atoms with Crippen LogP contribution in [0.4, 0.5) is 10.7 Å². The molecule has 0 bridgehead atoms. The smallest absolute Gasteiger partial charge is 0.426 e. The Kier molecular flexibility index (Phi) is 4.55. The number of nitrogens with zero attached hydrogens (tertiary/aromatic N) is 3. The third kappa shape index (κ3) is 4.41. The van der Waals surface area contributed by atoms with Gasteiger partial charge in [0.25, 0.3) is 5.95 Å². The minimum absolute atomic E-state index is 0.197. The molecular formula is C15H19N5O2. The first-order valence-corrected chi connectivity index (χ1v) is 6.87. The topological polar surface area (TPSA) is 89.0 Å². The molecule has 0 fully saturated rings. The predicted molar refractivity (Wildman–Crippen MR) is 83.0 cm³/mol. The fourth-order valence-corrected chi connectivity index (χ4v) is 1.73. The molecule has 0 atom stereocenters. The fourth-order valence-electron chi connectivity index (χ4n) is 1.73. The molecule has 22 heavy (non-hydrogen) atoms. The van der Waals surface area contributed by atoms with E-state index in [2.05, 4.69) is 26.0 Å². The first-order valence-electron chi connectivity index (χ1n) is 6.87. The van der Waals surface area contributed by atoms with E-state index in [9.17, 15) is 4.79 Å². The normalized spacial score (nSPS) is 10.9. The number of aromatic nitrogens is 3. The monoisotopic (exact) mass is 301 g/mol. The van der Waals surface area contributed by atoms with Gasteiger partial charge in [0.15, 0.2) is 0 Å². The molecule has 1 amide bonds. The van der Waals surface area contributed by atoms with Crippen LogP contribution >= 0.6 is 0 Å². The highest BCUT2D eigenvalue weighted by atomic mass is 16.6. The Morgan fingerprint density at radius 1 is 1.14 bits per heavy atom. The van der Waals surface area contributed by atoms with Gasteiger partial charge in [-0.3, -0.25) is 5.43 Å². The molecule has 2 aromatic rings. The summed E-state index contributed by atoms with van der Waals surface area (Å²) in [6.45, 7) is 7.17. The third-order valence-electron chi connectivity index (χ3n) is 2.58. The molecule has 1 heterocycles. The van der Waals surface area contributed by atoms with E-state index in [0.29, 0.717) is 11.4 Å². The lowest BCUT2D eigenvalue weighted by Gasteiger charge is -2.19. The van der Waals surface area contributed by atoms with Crippen LogP contribution in [0.25, 0.3) is 11.3 Å². The van der Waals surface area contributed by atoms with Crippen LogP contribution in [-0.4, -0.2) is 26.9 Å². The molecule has 0 unspecified atom stereocenters. The van der Waals surface area contributed by atoms with Gasteiger partial charge < -0.3 is 4.74 Å². The first kappa shape index (κ1) is 15.7. The quantitative estimate of drug-likeness (QED) is 0.847. The number of hydrogen-bond acceptors (Lipinski definition) is 6. The molecule has 116 valence electrons. The van der Waals surface area contributed by atoms with Crippen molar-refractivity contribution in [3.05, 3.63) is 36.0 Å². The summed E-state index contributed by atoms with van der Waals surface area (Å²) in [5.74, 6) is 0.197. The second-order valence-electron chi connectivity index (χ2n) is 5.69. The molecule has 0 saturated carbocycles. The van der Waals surface area contributed by atoms with Crippen molar-refractivity contribution < 1.29 is 9.53 Å². The standard InChI is InChI=1S/C15H19N5O2/c1-10-12(11-8-6-5-7-9-11)17-18-13(16-10)19-20-14(21)22-15(2,3)4/h5-9H,1-4H3,(H,20,21)(H,16,18,19). The number of hydrogen-bond donors (Lipinski definition) is 2. The van der Waals surface area contributed by atoms with E-state index in [4.69, 9.17) is 4.74 Å². The van der Waals surface area contributed by atoms with Crippen LogP contribution in [-0.2, 0) is 4.74 Å². The van der Waals surface area contributed by atoms with Gasteiger partial charge >= 0.3 is 6.09 Å². The van der Waals surface area contributed by atoms with Crippen LogP contribution in [0, 0.1) is 6.92 Å². The molecule has 1 aromatic carbocycles. The fraction of sp³-hybridized carbons (Fsp3) is 0.333. The average molecular weight is 301 g/mol. The lowest BCUT2D eigenvalue weighted by Crippen LogP contribution is -2.36. The number of carbonyl (C=O) groups excluding carboxylic acids is 1. The SMILES string of the molecule is Cc1nc(NNC(=O)OC(C)(C)C)nnc1-c1ccccc1. The highest BCUT2D eigenvalue weighted by Gasteiger charge is 2.16. The Balaban J connectivity index is 2.03. The summed E-state index contributed by atoms with van der Waals surface area (Å²) in [6, 6.07) is 9.65. The van der Waals surface area contributed by atoms with Gasteiger partial charge in [0, 0.05) is 5.56 Å². The number of ether oxygens (including phenoxy) is 1. The summed E-state index contributed by atoms with van der Waals surface area (Å²) >= 11 is 0. The van der Waals surface area contributed by atoms with Crippen LogP contribution in [0.2, 0.25) is 0 Å². The second-order valence-corrected chi connectivity index (χ2v) is 5.69. The average Bonchev–Trinajstić information content (AvgIpc) is 2.44. The molecule has 0 radical (unpaired) electrons. The number of nitrogens with one attached hydrogen (secondary N) is 2. The molecular weight excluding hydrogens is 282 g/mol. The van der Waals surface area contributed by atoms with Gasteiger partial charge in [-0.2, -0.15) is 0 Å². The summed E-state index contributed by atoms with van der Waals surface area (Å²) in [5.41, 5.74) is 6.71. The van der Waals surface area contributed by atoms with Gasteiger partial charge in [0.1, 0.15) is 11.3 Å². The lowest BCUT2D eigenvalue weighted by molar-refractivity contribution is 0.0540. The van der Waals surface area contributed by atoms with E-state index in [-0.39, 0.29) is 5.95 Å². The van der Waals surface area contributed by atoms with Crippen molar-refractivity contribution in [3.63, 3.8) is 0 Å². The van der Waals surface area contributed by atoms with E-state index in [1.54, 1.807) is 20.8 Å².